The Bertz CT molecular complexity index is 523. The quantitative estimate of drug-likeness (QED) is 0.810. The Kier molecular flexibility index (Phi) is 5.81. The van der Waals surface area contributed by atoms with Crippen LogP contribution in [0.5, 0.6) is 5.75 Å². The van der Waals surface area contributed by atoms with E-state index in [-0.39, 0.29) is 18.4 Å². The molecule has 1 atom stereocenters. The lowest BCUT2D eigenvalue weighted by Crippen LogP contribution is -2.37. The molecular weight excluding hydrogens is 282 g/mol. The SMILES string of the molecule is COc1ccccc1CC(CNC(=O)C1CCCC1)C(=O)O. The third-order valence-electron chi connectivity index (χ3n) is 4.26. The van der Waals surface area contributed by atoms with Gasteiger partial charge in [0.1, 0.15) is 5.75 Å². The molecule has 120 valence electrons. The molecule has 2 rings (SSSR count). The zero-order chi connectivity index (χ0) is 15.9. The van der Waals surface area contributed by atoms with Gasteiger partial charge in [0.25, 0.3) is 0 Å². The highest BCUT2D eigenvalue weighted by Gasteiger charge is 2.25. The Morgan fingerprint density at radius 1 is 1.32 bits per heavy atom. The molecule has 1 amide bonds. The number of hydrogen-bond donors (Lipinski definition) is 2. The number of rotatable bonds is 7. The van der Waals surface area contributed by atoms with Crippen LogP contribution >= 0.6 is 0 Å². The van der Waals surface area contributed by atoms with Crippen molar-refractivity contribution in [1.29, 1.82) is 0 Å². The molecule has 1 saturated carbocycles. The normalized spacial score (nSPS) is 16.2. The molecule has 5 nitrogen and oxygen atoms in total. The summed E-state index contributed by atoms with van der Waals surface area (Å²) >= 11 is 0. The summed E-state index contributed by atoms with van der Waals surface area (Å²) in [6.07, 6.45) is 4.33. The summed E-state index contributed by atoms with van der Waals surface area (Å²) in [5.74, 6) is -0.834. The lowest BCUT2D eigenvalue weighted by molar-refractivity contribution is -0.141. The summed E-state index contributed by atoms with van der Waals surface area (Å²) in [7, 11) is 1.57. The van der Waals surface area contributed by atoms with Crippen molar-refractivity contribution in [3.05, 3.63) is 29.8 Å². The average Bonchev–Trinajstić information content (AvgIpc) is 3.05. The molecule has 0 radical (unpaired) electrons. The molecule has 0 aliphatic heterocycles. The molecule has 0 spiro atoms. The number of amides is 1. The van der Waals surface area contributed by atoms with Gasteiger partial charge in [-0.25, -0.2) is 0 Å². The number of methoxy groups -OCH3 is 1. The van der Waals surface area contributed by atoms with Crippen LogP contribution in [0.4, 0.5) is 0 Å². The first-order valence-corrected chi connectivity index (χ1v) is 7.74. The van der Waals surface area contributed by atoms with Crippen molar-refractivity contribution in [3.8, 4) is 5.75 Å². The number of benzene rings is 1. The van der Waals surface area contributed by atoms with Crippen LogP contribution in [0.1, 0.15) is 31.2 Å². The fourth-order valence-corrected chi connectivity index (χ4v) is 2.94. The maximum Gasteiger partial charge on any atom is 0.308 e. The van der Waals surface area contributed by atoms with Gasteiger partial charge in [-0.3, -0.25) is 9.59 Å². The van der Waals surface area contributed by atoms with Gasteiger partial charge in [-0.15, -0.1) is 0 Å². The van der Waals surface area contributed by atoms with Crippen LogP contribution in [-0.4, -0.2) is 30.6 Å². The summed E-state index contributed by atoms with van der Waals surface area (Å²) in [6.45, 7) is 0.155. The minimum atomic E-state index is -0.905. The minimum Gasteiger partial charge on any atom is -0.496 e. The van der Waals surface area contributed by atoms with E-state index in [4.69, 9.17) is 4.74 Å². The van der Waals surface area contributed by atoms with Crippen molar-refractivity contribution in [3.63, 3.8) is 0 Å². The number of carbonyl (C=O) groups excluding carboxylic acids is 1. The van der Waals surface area contributed by atoms with Gasteiger partial charge in [0, 0.05) is 12.5 Å². The van der Waals surface area contributed by atoms with Crippen molar-refractivity contribution in [2.24, 2.45) is 11.8 Å². The Hall–Kier alpha value is -2.04. The minimum absolute atomic E-state index is 0.0104. The second-order valence-electron chi connectivity index (χ2n) is 5.78. The van der Waals surface area contributed by atoms with E-state index in [0.717, 1.165) is 31.2 Å². The number of para-hydroxylation sites is 1. The average molecular weight is 305 g/mol. The summed E-state index contributed by atoms with van der Waals surface area (Å²) in [5.41, 5.74) is 0.840. The summed E-state index contributed by atoms with van der Waals surface area (Å²) < 4.78 is 5.25. The lowest BCUT2D eigenvalue weighted by Gasteiger charge is -2.17. The molecule has 0 bridgehead atoms. The number of carboxylic acids is 1. The third kappa shape index (κ3) is 4.23. The Labute approximate surface area is 130 Å². The van der Waals surface area contributed by atoms with Crippen LogP contribution in [0.15, 0.2) is 24.3 Å². The van der Waals surface area contributed by atoms with Gasteiger partial charge in [0.05, 0.1) is 13.0 Å². The van der Waals surface area contributed by atoms with E-state index in [1.165, 1.54) is 0 Å². The number of nitrogens with one attached hydrogen (secondary N) is 1. The van der Waals surface area contributed by atoms with Crippen molar-refractivity contribution in [2.45, 2.75) is 32.1 Å². The number of aliphatic carboxylic acids is 1. The third-order valence-corrected chi connectivity index (χ3v) is 4.26. The highest BCUT2D eigenvalue weighted by molar-refractivity contribution is 5.80. The molecule has 1 aromatic rings. The Morgan fingerprint density at radius 3 is 2.64 bits per heavy atom. The highest BCUT2D eigenvalue weighted by Crippen LogP contribution is 2.25. The maximum absolute atomic E-state index is 12.0. The van der Waals surface area contributed by atoms with Crippen molar-refractivity contribution in [2.75, 3.05) is 13.7 Å². The highest BCUT2D eigenvalue weighted by atomic mass is 16.5. The Morgan fingerprint density at radius 2 is 2.00 bits per heavy atom. The van der Waals surface area contributed by atoms with Gasteiger partial charge in [0.2, 0.25) is 5.91 Å². The van der Waals surface area contributed by atoms with Gasteiger partial charge in [-0.2, -0.15) is 0 Å². The van der Waals surface area contributed by atoms with Gasteiger partial charge in [-0.1, -0.05) is 31.0 Å². The van der Waals surface area contributed by atoms with E-state index in [1.54, 1.807) is 7.11 Å². The molecular formula is C17H23NO4. The predicted molar refractivity (Wildman–Crippen MR) is 82.8 cm³/mol. The monoisotopic (exact) mass is 305 g/mol. The molecule has 5 heteroatoms. The molecule has 0 saturated heterocycles. The standard InChI is InChI=1S/C17H23NO4/c1-22-15-9-5-4-8-13(15)10-14(17(20)21)11-18-16(19)12-6-2-3-7-12/h4-5,8-9,12,14H,2-3,6-7,10-11H2,1H3,(H,18,19)(H,20,21). The molecule has 1 fully saturated rings. The van der Waals surface area contributed by atoms with Crippen LogP contribution in [0.3, 0.4) is 0 Å². The van der Waals surface area contributed by atoms with Crippen LogP contribution < -0.4 is 10.1 Å². The number of carboxylic acid groups (broad SMARTS) is 1. The first-order chi connectivity index (χ1) is 10.6. The van der Waals surface area contributed by atoms with E-state index in [1.807, 2.05) is 24.3 Å². The number of ether oxygens (including phenoxy) is 1. The largest absolute Gasteiger partial charge is 0.496 e. The van der Waals surface area contributed by atoms with Crippen molar-refractivity contribution in [1.82, 2.24) is 5.32 Å². The van der Waals surface area contributed by atoms with Crippen LogP contribution in [0.2, 0.25) is 0 Å². The maximum atomic E-state index is 12.0. The van der Waals surface area contributed by atoms with Crippen molar-refractivity contribution < 1.29 is 19.4 Å². The van der Waals surface area contributed by atoms with Crippen LogP contribution in [0, 0.1) is 11.8 Å². The molecule has 0 aromatic heterocycles. The van der Waals surface area contributed by atoms with Crippen LogP contribution in [-0.2, 0) is 16.0 Å². The van der Waals surface area contributed by atoms with E-state index >= 15 is 0 Å². The zero-order valence-corrected chi connectivity index (χ0v) is 12.9. The molecule has 1 aromatic carbocycles. The van der Waals surface area contributed by atoms with E-state index < -0.39 is 11.9 Å². The predicted octanol–water partition coefficient (Wildman–Crippen LogP) is 2.24. The Balaban J connectivity index is 1.95. The summed E-state index contributed by atoms with van der Waals surface area (Å²) in [6, 6.07) is 7.37. The molecule has 1 aliphatic carbocycles. The number of hydrogen-bond acceptors (Lipinski definition) is 3. The smallest absolute Gasteiger partial charge is 0.308 e. The fraction of sp³-hybridized carbons (Fsp3) is 0.529. The lowest BCUT2D eigenvalue weighted by atomic mass is 9.98. The van der Waals surface area contributed by atoms with Gasteiger partial charge < -0.3 is 15.2 Å². The van der Waals surface area contributed by atoms with Gasteiger partial charge in [-0.05, 0) is 30.9 Å². The van der Waals surface area contributed by atoms with Crippen LogP contribution in [0.25, 0.3) is 0 Å². The fourth-order valence-electron chi connectivity index (χ4n) is 2.94. The topological polar surface area (TPSA) is 75.6 Å². The zero-order valence-electron chi connectivity index (χ0n) is 12.9. The van der Waals surface area contributed by atoms with E-state index in [2.05, 4.69) is 5.32 Å². The first-order valence-electron chi connectivity index (χ1n) is 7.74. The summed E-state index contributed by atoms with van der Waals surface area (Å²) in [4.78, 5) is 23.5. The molecule has 1 unspecified atom stereocenters. The second-order valence-corrected chi connectivity index (χ2v) is 5.78. The molecule has 22 heavy (non-hydrogen) atoms. The molecule has 1 aliphatic rings. The van der Waals surface area contributed by atoms with E-state index in [9.17, 15) is 14.7 Å². The van der Waals surface area contributed by atoms with Gasteiger partial charge in [0.15, 0.2) is 0 Å². The molecule has 2 N–H and O–H groups in total. The number of carbonyl (C=O) groups is 2. The van der Waals surface area contributed by atoms with Crippen molar-refractivity contribution >= 4 is 11.9 Å². The summed E-state index contributed by atoms with van der Waals surface area (Å²) in [5, 5.41) is 12.2. The van der Waals surface area contributed by atoms with Gasteiger partial charge >= 0.3 is 5.97 Å². The molecule has 0 heterocycles. The first kappa shape index (κ1) is 16.3. The second kappa shape index (κ2) is 7.82. The van der Waals surface area contributed by atoms with E-state index in [0.29, 0.717) is 12.2 Å².